The quantitative estimate of drug-likeness (QED) is 0.474. The fraction of sp³-hybridized carbons (Fsp3) is 0.833. The van der Waals surface area contributed by atoms with Crippen molar-refractivity contribution in [2.45, 2.75) is 32.0 Å². The zero-order valence-corrected chi connectivity index (χ0v) is 5.14. The van der Waals surface area contributed by atoms with Crippen molar-refractivity contribution in [2.75, 3.05) is 0 Å². The van der Waals surface area contributed by atoms with E-state index in [0.717, 1.165) is 6.42 Å². The Morgan fingerprint density at radius 2 is 2.38 bits per heavy atom. The minimum atomic E-state index is -0.403. The molecule has 8 heavy (non-hydrogen) atoms. The molecule has 0 aromatic rings. The summed E-state index contributed by atoms with van der Waals surface area (Å²) in [7, 11) is 0. The van der Waals surface area contributed by atoms with E-state index in [1.165, 1.54) is 0 Å². The van der Waals surface area contributed by atoms with Gasteiger partial charge in [0.05, 0.1) is 6.10 Å². The molecule has 0 N–H and O–H groups in total. The molecule has 0 spiro atoms. The van der Waals surface area contributed by atoms with Crippen LogP contribution in [-0.4, -0.2) is 11.7 Å². The molecule has 0 aliphatic carbocycles. The van der Waals surface area contributed by atoms with Crippen LogP contribution in [0.25, 0.3) is 0 Å². The van der Waals surface area contributed by atoms with E-state index in [2.05, 4.69) is 6.07 Å². The van der Waals surface area contributed by atoms with Gasteiger partial charge in [0.25, 0.3) is 0 Å². The number of hydrogen-bond acceptors (Lipinski definition) is 2. The van der Waals surface area contributed by atoms with Crippen molar-refractivity contribution in [1.82, 2.24) is 0 Å². The summed E-state index contributed by atoms with van der Waals surface area (Å²) in [6.07, 6.45) is 0.975. The number of rotatable bonds is 1. The van der Waals surface area contributed by atoms with Crippen molar-refractivity contribution in [2.24, 2.45) is 0 Å². The molecular formula is C6H9NO. The van der Waals surface area contributed by atoms with Gasteiger partial charge in [-0.3, -0.25) is 0 Å². The Hall–Kier alpha value is -0.550. The highest BCUT2D eigenvalue weighted by molar-refractivity contribution is 5.15. The molecular weight excluding hydrogens is 102 g/mol. The molecule has 2 heteroatoms. The van der Waals surface area contributed by atoms with E-state index in [0.29, 0.717) is 0 Å². The number of ether oxygens (including phenoxy) is 1. The first-order valence-corrected chi connectivity index (χ1v) is 2.84. The molecule has 0 bridgehead atoms. The first-order chi connectivity index (χ1) is 3.75. The Balaban J connectivity index is 2.56. The maximum Gasteiger partial charge on any atom is 0.180 e. The van der Waals surface area contributed by atoms with Crippen molar-refractivity contribution in [3.8, 4) is 6.07 Å². The Kier molecular flexibility index (Phi) is 1.02. The van der Waals surface area contributed by atoms with Crippen LogP contribution in [0.15, 0.2) is 0 Å². The first kappa shape index (κ1) is 5.58. The highest BCUT2D eigenvalue weighted by Gasteiger charge is 2.52. The molecule has 0 unspecified atom stereocenters. The molecule has 1 saturated heterocycles. The highest BCUT2D eigenvalue weighted by atomic mass is 16.6. The van der Waals surface area contributed by atoms with E-state index in [9.17, 15) is 0 Å². The van der Waals surface area contributed by atoms with Gasteiger partial charge in [0.1, 0.15) is 6.07 Å². The Morgan fingerprint density at radius 1 is 1.88 bits per heavy atom. The van der Waals surface area contributed by atoms with Gasteiger partial charge in [-0.25, -0.2) is 0 Å². The monoisotopic (exact) mass is 111 g/mol. The minimum absolute atomic E-state index is 0.164. The number of nitrogens with zero attached hydrogens (tertiary/aromatic N) is 1. The minimum Gasteiger partial charge on any atom is -0.350 e. The summed E-state index contributed by atoms with van der Waals surface area (Å²) in [5.74, 6) is 0. The third-order valence-electron chi connectivity index (χ3n) is 1.70. The third kappa shape index (κ3) is 0.517. The number of epoxide rings is 1. The van der Waals surface area contributed by atoms with Gasteiger partial charge in [0.15, 0.2) is 5.60 Å². The second-order valence-electron chi connectivity index (χ2n) is 2.11. The van der Waals surface area contributed by atoms with Crippen LogP contribution < -0.4 is 0 Å². The molecule has 0 aromatic carbocycles. The molecule has 1 fully saturated rings. The lowest BCUT2D eigenvalue weighted by Gasteiger charge is -1.91. The Labute approximate surface area is 49.1 Å². The molecule has 0 amide bonds. The predicted octanol–water partition coefficient (Wildman–Crippen LogP) is 1.08. The van der Waals surface area contributed by atoms with Crippen molar-refractivity contribution in [3.05, 3.63) is 0 Å². The van der Waals surface area contributed by atoms with Gasteiger partial charge in [-0.2, -0.15) is 5.26 Å². The molecule has 2 nitrogen and oxygen atoms in total. The van der Waals surface area contributed by atoms with E-state index in [1.54, 1.807) is 0 Å². The summed E-state index contributed by atoms with van der Waals surface area (Å²) >= 11 is 0. The number of nitriles is 1. The fourth-order valence-corrected chi connectivity index (χ4v) is 0.849. The molecule has 1 rings (SSSR count). The van der Waals surface area contributed by atoms with Crippen LogP contribution in [0.2, 0.25) is 0 Å². The summed E-state index contributed by atoms with van der Waals surface area (Å²) in [4.78, 5) is 0. The summed E-state index contributed by atoms with van der Waals surface area (Å²) in [5.41, 5.74) is -0.403. The van der Waals surface area contributed by atoms with Gasteiger partial charge < -0.3 is 4.74 Å². The van der Waals surface area contributed by atoms with E-state index >= 15 is 0 Å². The van der Waals surface area contributed by atoms with Gasteiger partial charge in [-0.1, -0.05) is 6.92 Å². The van der Waals surface area contributed by atoms with Gasteiger partial charge in [0.2, 0.25) is 0 Å². The standard InChI is InChI=1S/C6H9NO/c1-3-6(4-7)5(2)8-6/h5H,3H2,1-2H3/t5-,6+/m1/s1. The van der Waals surface area contributed by atoms with Crippen LogP contribution in [0.3, 0.4) is 0 Å². The SMILES string of the molecule is CC[C@@]1(C#N)O[C@@H]1C. The van der Waals surface area contributed by atoms with Crippen molar-refractivity contribution < 1.29 is 4.74 Å². The van der Waals surface area contributed by atoms with E-state index < -0.39 is 5.60 Å². The number of hydrogen-bond donors (Lipinski definition) is 0. The van der Waals surface area contributed by atoms with E-state index in [1.807, 2.05) is 13.8 Å². The van der Waals surface area contributed by atoms with Crippen LogP contribution in [0.5, 0.6) is 0 Å². The van der Waals surface area contributed by atoms with E-state index in [4.69, 9.17) is 10.00 Å². The second kappa shape index (κ2) is 1.46. The molecule has 44 valence electrons. The van der Waals surface area contributed by atoms with Crippen molar-refractivity contribution in [1.29, 1.82) is 5.26 Å². The Bertz CT molecular complexity index is 134. The average Bonchev–Trinajstić information content (AvgIpc) is 2.43. The zero-order valence-electron chi connectivity index (χ0n) is 5.14. The smallest absolute Gasteiger partial charge is 0.180 e. The molecule has 2 atom stereocenters. The van der Waals surface area contributed by atoms with Gasteiger partial charge in [0, 0.05) is 0 Å². The Morgan fingerprint density at radius 3 is 2.38 bits per heavy atom. The van der Waals surface area contributed by atoms with Crippen molar-refractivity contribution >= 4 is 0 Å². The first-order valence-electron chi connectivity index (χ1n) is 2.84. The summed E-state index contributed by atoms with van der Waals surface area (Å²) in [6, 6.07) is 2.13. The molecule has 1 aliphatic heterocycles. The molecule has 0 radical (unpaired) electrons. The highest BCUT2D eigenvalue weighted by Crippen LogP contribution is 2.37. The maximum absolute atomic E-state index is 8.45. The largest absolute Gasteiger partial charge is 0.350 e. The predicted molar refractivity (Wildman–Crippen MR) is 29.2 cm³/mol. The van der Waals surface area contributed by atoms with E-state index in [-0.39, 0.29) is 6.10 Å². The summed E-state index contributed by atoms with van der Waals surface area (Å²) in [6.45, 7) is 3.89. The van der Waals surface area contributed by atoms with Gasteiger partial charge in [-0.05, 0) is 13.3 Å². The molecule has 0 aromatic heterocycles. The summed E-state index contributed by atoms with van der Waals surface area (Å²) in [5, 5.41) is 8.45. The maximum atomic E-state index is 8.45. The molecule has 0 saturated carbocycles. The van der Waals surface area contributed by atoms with Crippen LogP contribution in [0.4, 0.5) is 0 Å². The van der Waals surface area contributed by atoms with Crippen LogP contribution >= 0.6 is 0 Å². The fourth-order valence-electron chi connectivity index (χ4n) is 0.849. The van der Waals surface area contributed by atoms with Crippen LogP contribution in [0, 0.1) is 11.3 Å². The second-order valence-corrected chi connectivity index (χ2v) is 2.11. The summed E-state index contributed by atoms with van der Waals surface area (Å²) < 4.78 is 5.04. The lowest BCUT2D eigenvalue weighted by atomic mass is 10.1. The normalized spacial score (nSPS) is 43.4. The average molecular weight is 111 g/mol. The van der Waals surface area contributed by atoms with Crippen LogP contribution in [-0.2, 0) is 4.74 Å². The topological polar surface area (TPSA) is 36.3 Å². The lowest BCUT2D eigenvalue weighted by Crippen LogP contribution is -2.07. The van der Waals surface area contributed by atoms with Crippen LogP contribution in [0.1, 0.15) is 20.3 Å². The van der Waals surface area contributed by atoms with Gasteiger partial charge >= 0.3 is 0 Å². The molecule has 1 heterocycles. The van der Waals surface area contributed by atoms with Crippen molar-refractivity contribution in [3.63, 3.8) is 0 Å². The zero-order chi connectivity index (χ0) is 6.20. The third-order valence-corrected chi connectivity index (χ3v) is 1.70. The lowest BCUT2D eigenvalue weighted by molar-refractivity contribution is 0.334. The van der Waals surface area contributed by atoms with Gasteiger partial charge in [-0.15, -0.1) is 0 Å². The molecule has 1 aliphatic rings.